The SMILES string of the molecule is CN(C)S(=O)(=O)NC1CCN(C(=O)c2ccc(Cl)c(Cl)c2)CC1. The number of hydrogen-bond donors (Lipinski definition) is 1. The molecule has 0 aromatic heterocycles. The predicted octanol–water partition coefficient (Wildman–Crippen LogP) is 1.99. The zero-order valence-corrected chi connectivity index (χ0v) is 15.2. The van der Waals surface area contributed by atoms with Crippen molar-refractivity contribution in [2.24, 2.45) is 0 Å². The Hall–Kier alpha value is -0.860. The van der Waals surface area contributed by atoms with E-state index in [-0.39, 0.29) is 11.9 Å². The number of likely N-dealkylation sites (tertiary alicyclic amines) is 1. The summed E-state index contributed by atoms with van der Waals surface area (Å²) in [6.07, 6.45) is 1.14. The first-order valence-electron chi connectivity index (χ1n) is 7.15. The van der Waals surface area contributed by atoms with Gasteiger partial charge in [-0.3, -0.25) is 4.79 Å². The molecule has 1 amide bonds. The van der Waals surface area contributed by atoms with E-state index in [0.717, 1.165) is 4.31 Å². The molecule has 9 heteroatoms. The lowest BCUT2D eigenvalue weighted by Crippen LogP contribution is -2.49. The fourth-order valence-electron chi connectivity index (χ4n) is 2.33. The highest BCUT2D eigenvalue weighted by Gasteiger charge is 2.27. The Bertz CT molecular complexity index is 687. The number of carbonyl (C=O) groups is 1. The Morgan fingerprint density at radius 1 is 1.22 bits per heavy atom. The van der Waals surface area contributed by atoms with Crippen molar-refractivity contribution < 1.29 is 13.2 Å². The number of halogens is 2. The van der Waals surface area contributed by atoms with Crippen LogP contribution < -0.4 is 4.72 Å². The number of piperidine rings is 1. The van der Waals surface area contributed by atoms with E-state index in [0.29, 0.717) is 41.5 Å². The zero-order valence-electron chi connectivity index (χ0n) is 12.9. The molecule has 2 rings (SSSR count). The normalized spacial score (nSPS) is 16.8. The van der Waals surface area contributed by atoms with E-state index in [9.17, 15) is 13.2 Å². The quantitative estimate of drug-likeness (QED) is 0.869. The molecule has 0 unspecified atom stereocenters. The molecule has 1 saturated heterocycles. The number of carbonyl (C=O) groups excluding carboxylic acids is 1. The van der Waals surface area contributed by atoms with E-state index in [4.69, 9.17) is 23.2 Å². The van der Waals surface area contributed by atoms with Crippen molar-refractivity contribution in [3.63, 3.8) is 0 Å². The molecule has 0 atom stereocenters. The summed E-state index contributed by atoms with van der Waals surface area (Å²) in [7, 11) is -0.495. The molecule has 0 saturated carbocycles. The lowest BCUT2D eigenvalue weighted by molar-refractivity contribution is 0.0711. The fraction of sp³-hybridized carbons (Fsp3) is 0.500. The molecule has 0 spiro atoms. The fourth-order valence-corrected chi connectivity index (χ4v) is 3.49. The Morgan fingerprint density at radius 3 is 2.35 bits per heavy atom. The van der Waals surface area contributed by atoms with Crippen LogP contribution in [0.3, 0.4) is 0 Å². The van der Waals surface area contributed by atoms with Crippen molar-refractivity contribution in [3.8, 4) is 0 Å². The van der Waals surface area contributed by atoms with Gasteiger partial charge >= 0.3 is 0 Å². The minimum Gasteiger partial charge on any atom is -0.339 e. The van der Waals surface area contributed by atoms with Gasteiger partial charge < -0.3 is 4.90 Å². The van der Waals surface area contributed by atoms with Crippen LogP contribution in [0.25, 0.3) is 0 Å². The van der Waals surface area contributed by atoms with Gasteiger partial charge in [-0.25, -0.2) is 0 Å². The summed E-state index contributed by atoms with van der Waals surface area (Å²) in [5, 5.41) is 0.742. The predicted molar refractivity (Wildman–Crippen MR) is 91.1 cm³/mol. The molecule has 1 fully saturated rings. The molecule has 0 bridgehead atoms. The average molecular weight is 380 g/mol. The molecule has 23 heavy (non-hydrogen) atoms. The molecule has 1 aliphatic heterocycles. The Kier molecular flexibility index (Phi) is 5.91. The van der Waals surface area contributed by atoms with Gasteiger partial charge in [0, 0.05) is 38.8 Å². The lowest BCUT2D eigenvalue weighted by atomic mass is 10.0. The van der Waals surface area contributed by atoms with E-state index >= 15 is 0 Å². The second-order valence-electron chi connectivity index (χ2n) is 5.60. The molecule has 6 nitrogen and oxygen atoms in total. The van der Waals surface area contributed by atoms with E-state index < -0.39 is 10.2 Å². The van der Waals surface area contributed by atoms with Crippen molar-refractivity contribution >= 4 is 39.3 Å². The highest BCUT2D eigenvalue weighted by atomic mass is 35.5. The van der Waals surface area contributed by atoms with Gasteiger partial charge in [0.1, 0.15) is 0 Å². The number of rotatable bonds is 4. The van der Waals surface area contributed by atoms with Gasteiger partial charge in [-0.1, -0.05) is 23.2 Å². The third-order valence-corrected chi connectivity index (χ3v) is 6.08. The summed E-state index contributed by atoms with van der Waals surface area (Å²) in [4.78, 5) is 14.1. The van der Waals surface area contributed by atoms with Crippen LogP contribution in [0.15, 0.2) is 18.2 Å². The van der Waals surface area contributed by atoms with Gasteiger partial charge in [0.05, 0.1) is 10.0 Å². The first kappa shape index (κ1) is 18.5. The molecule has 0 radical (unpaired) electrons. The van der Waals surface area contributed by atoms with Gasteiger partial charge in [0.2, 0.25) is 0 Å². The molecule has 1 aromatic rings. The first-order chi connectivity index (χ1) is 10.7. The van der Waals surface area contributed by atoms with Crippen molar-refractivity contribution in [1.29, 1.82) is 0 Å². The van der Waals surface area contributed by atoms with Gasteiger partial charge in [-0.2, -0.15) is 17.4 Å². The van der Waals surface area contributed by atoms with E-state index in [1.807, 2.05) is 0 Å². The van der Waals surface area contributed by atoms with Gasteiger partial charge in [-0.05, 0) is 31.0 Å². The summed E-state index contributed by atoms with van der Waals surface area (Å²) in [5.74, 6) is -0.127. The van der Waals surface area contributed by atoms with Gasteiger partial charge in [0.25, 0.3) is 16.1 Å². The summed E-state index contributed by atoms with van der Waals surface area (Å²) in [6.45, 7) is 0.972. The first-order valence-corrected chi connectivity index (χ1v) is 9.34. The summed E-state index contributed by atoms with van der Waals surface area (Å²) >= 11 is 11.8. The number of nitrogens with one attached hydrogen (secondary N) is 1. The van der Waals surface area contributed by atoms with Crippen LogP contribution in [-0.2, 0) is 10.2 Å². The van der Waals surface area contributed by atoms with Crippen LogP contribution in [0, 0.1) is 0 Å². The average Bonchev–Trinajstić information content (AvgIpc) is 2.49. The lowest BCUT2D eigenvalue weighted by Gasteiger charge is -2.32. The number of benzene rings is 1. The maximum Gasteiger partial charge on any atom is 0.279 e. The van der Waals surface area contributed by atoms with Gasteiger partial charge in [-0.15, -0.1) is 0 Å². The number of hydrogen-bond acceptors (Lipinski definition) is 3. The topological polar surface area (TPSA) is 69.7 Å². The molecule has 1 heterocycles. The largest absolute Gasteiger partial charge is 0.339 e. The number of nitrogens with zero attached hydrogens (tertiary/aromatic N) is 2. The van der Waals surface area contributed by atoms with Crippen LogP contribution in [0.5, 0.6) is 0 Å². The number of amides is 1. The second kappa shape index (κ2) is 7.36. The second-order valence-corrected chi connectivity index (χ2v) is 8.33. The smallest absolute Gasteiger partial charge is 0.279 e. The summed E-state index contributed by atoms with van der Waals surface area (Å²) in [5.41, 5.74) is 0.478. The monoisotopic (exact) mass is 379 g/mol. The Balaban J connectivity index is 1.96. The van der Waals surface area contributed by atoms with Gasteiger partial charge in [0.15, 0.2) is 0 Å². The molecule has 1 aromatic carbocycles. The van der Waals surface area contributed by atoms with Crippen molar-refractivity contribution in [2.75, 3.05) is 27.2 Å². The minimum atomic E-state index is -3.45. The molecular formula is C14H19Cl2N3O3S. The highest BCUT2D eigenvalue weighted by Crippen LogP contribution is 2.24. The molecule has 1 aliphatic rings. The standard InChI is InChI=1S/C14H19Cl2N3O3S/c1-18(2)23(21,22)17-11-5-7-19(8-6-11)14(20)10-3-4-12(15)13(16)9-10/h3-4,9,11,17H,5-8H2,1-2H3. The zero-order chi connectivity index (χ0) is 17.2. The molecular weight excluding hydrogens is 361 g/mol. The van der Waals surface area contributed by atoms with Crippen LogP contribution in [-0.4, -0.2) is 56.8 Å². The van der Waals surface area contributed by atoms with Crippen LogP contribution in [0.1, 0.15) is 23.2 Å². The third kappa shape index (κ3) is 4.58. The van der Waals surface area contributed by atoms with Crippen molar-refractivity contribution in [1.82, 2.24) is 13.9 Å². The Labute approximate surface area is 146 Å². The van der Waals surface area contributed by atoms with E-state index in [1.54, 1.807) is 23.1 Å². The Morgan fingerprint density at radius 2 is 1.83 bits per heavy atom. The minimum absolute atomic E-state index is 0.127. The maximum atomic E-state index is 12.4. The van der Waals surface area contributed by atoms with E-state index in [1.165, 1.54) is 14.1 Å². The van der Waals surface area contributed by atoms with E-state index in [2.05, 4.69) is 4.72 Å². The summed E-state index contributed by atoms with van der Waals surface area (Å²) < 4.78 is 27.4. The van der Waals surface area contributed by atoms with Crippen LogP contribution in [0.4, 0.5) is 0 Å². The van der Waals surface area contributed by atoms with Crippen LogP contribution >= 0.6 is 23.2 Å². The van der Waals surface area contributed by atoms with Crippen molar-refractivity contribution in [2.45, 2.75) is 18.9 Å². The third-order valence-electron chi connectivity index (χ3n) is 3.75. The highest BCUT2D eigenvalue weighted by molar-refractivity contribution is 7.87. The summed E-state index contributed by atoms with van der Waals surface area (Å²) in [6, 6.07) is 4.61. The molecule has 1 N–H and O–H groups in total. The molecule has 0 aliphatic carbocycles. The van der Waals surface area contributed by atoms with Crippen molar-refractivity contribution in [3.05, 3.63) is 33.8 Å². The van der Waals surface area contributed by atoms with Crippen LogP contribution in [0.2, 0.25) is 10.0 Å². The maximum absolute atomic E-state index is 12.4. The molecule has 128 valence electrons.